The van der Waals surface area contributed by atoms with Crippen LogP contribution in [0.4, 0.5) is 0 Å². The van der Waals surface area contributed by atoms with Crippen LogP contribution >= 0.6 is 11.6 Å². The van der Waals surface area contributed by atoms with Crippen molar-refractivity contribution in [3.8, 4) is 0 Å². The van der Waals surface area contributed by atoms with Gasteiger partial charge in [-0.3, -0.25) is 4.79 Å². The fourth-order valence-corrected chi connectivity index (χ4v) is 2.32. The molecule has 0 spiro atoms. The van der Waals surface area contributed by atoms with Crippen molar-refractivity contribution in [2.75, 3.05) is 33.5 Å². The maximum atomic E-state index is 12.3. The van der Waals surface area contributed by atoms with E-state index in [-0.39, 0.29) is 11.9 Å². The Hall–Kier alpha value is -1.10. The summed E-state index contributed by atoms with van der Waals surface area (Å²) < 4.78 is 10.5. The second-order valence-electron chi connectivity index (χ2n) is 4.57. The summed E-state index contributed by atoms with van der Waals surface area (Å²) in [7, 11) is 1.64. The Morgan fingerprint density at radius 2 is 2.21 bits per heavy atom. The summed E-state index contributed by atoms with van der Waals surface area (Å²) in [5.41, 5.74) is 0.969. The fraction of sp³-hybridized carbons (Fsp3) is 0.500. The number of morpholine rings is 1. The van der Waals surface area contributed by atoms with E-state index in [4.69, 9.17) is 21.1 Å². The molecule has 104 valence electrons. The van der Waals surface area contributed by atoms with Crippen molar-refractivity contribution in [3.05, 3.63) is 34.9 Å². The lowest BCUT2D eigenvalue weighted by Crippen LogP contribution is -2.51. The Morgan fingerprint density at radius 1 is 1.47 bits per heavy atom. The molecule has 1 fully saturated rings. The van der Waals surface area contributed by atoms with Crippen molar-refractivity contribution in [2.45, 2.75) is 12.5 Å². The number of carbonyl (C=O) groups is 1. The summed E-state index contributed by atoms with van der Waals surface area (Å²) in [6, 6.07) is 7.38. The largest absolute Gasteiger partial charge is 0.382 e. The SMILES string of the molecule is COCC1COCCN1C(=O)Cc1ccc(Cl)cc1. The highest BCUT2D eigenvalue weighted by atomic mass is 35.5. The predicted octanol–water partition coefficient (Wildman–Crippen LogP) is 1.76. The van der Waals surface area contributed by atoms with Gasteiger partial charge in [-0.05, 0) is 17.7 Å². The summed E-state index contributed by atoms with van der Waals surface area (Å²) in [6.07, 6.45) is 0.386. The first-order valence-corrected chi connectivity index (χ1v) is 6.69. The average molecular weight is 284 g/mol. The zero-order valence-electron chi connectivity index (χ0n) is 11.0. The van der Waals surface area contributed by atoms with Crippen LogP contribution in [0.15, 0.2) is 24.3 Å². The highest BCUT2D eigenvalue weighted by Gasteiger charge is 2.26. The molecule has 0 aromatic heterocycles. The van der Waals surface area contributed by atoms with Crippen molar-refractivity contribution < 1.29 is 14.3 Å². The first-order valence-electron chi connectivity index (χ1n) is 6.31. The van der Waals surface area contributed by atoms with E-state index >= 15 is 0 Å². The van der Waals surface area contributed by atoms with Crippen LogP contribution in [0.2, 0.25) is 5.02 Å². The van der Waals surface area contributed by atoms with Crippen LogP contribution < -0.4 is 0 Å². The van der Waals surface area contributed by atoms with Crippen LogP contribution in [0.5, 0.6) is 0 Å². The minimum atomic E-state index is 0.0125. The van der Waals surface area contributed by atoms with Crippen LogP contribution in [-0.2, 0) is 20.7 Å². The molecule has 1 saturated heterocycles. The second kappa shape index (κ2) is 6.89. The highest BCUT2D eigenvalue weighted by molar-refractivity contribution is 6.30. The van der Waals surface area contributed by atoms with Crippen molar-refractivity contribution in [1.29, 1.82) is 0 Å². The highest BCUT2D eigenvalue weighted by Crippen LogP contribution is 2.13. The van der Waals surface area contributed by atoms with E-state index < -0.39 is 0 Å². The minimum absolute atomic E-state index is 0.0125. The van der Waals surface area contributed by atoms with Gasteiger partial charge in [0.1, 0.15) is 0 Å². The van der Waals surface area contributed by atoms with E-state index in [1.807, 2.05) is 17.0 Å². The number of carbonyl (C=O) groups excluding carboxylic acids is 1. The third-order valence-corrected chi connectivity index (χ3v) is 3.43. The Kier molecular flexibility index (Phi) is 5.19. The zero-order chi connectivity index (χ0) is 13.7. The quantitative estimate of drug-likeness (QED) is 0.845. The van der Waals surface area contributed by atoms with Crippen LogP contribution in [0.3, 0.4) is 0 Å². The van der Waals surface area contributed by atoms with E-state index in [1.165, 1.54) is 0 Å². The molecule has 1 unspecified atom stereocenters. The Labute approximate surface area is 118 Å². The van der Waals surface area contributed by atoms with Crippen LogP contribution in [0, 0.1) is 0 Å². The van der Waals surface area contributed by atoms with Crippen molar-refractivity contribution in [3.63, 3.8) is 0 Å². The smallest absolute Gasteiger partial charge is 0.227 e. The standard InChI is InChI=1S/C14H18ClNO3/c1-18-9-13-10-19-7-6-16(13)14(17)8-11-2-4-12(15)5-3-11/h2-5,13H,6-10H2,1H3. The molecule has 19 heavy (non-hydrogen) atoms. The van der Waals surface area contributed by atoms with E-state index in [1.54, 1.807) is 19.2 Å². The number of hydrogen-bond acceptors (Lipinski definition) is 3. The van der Waals surface area contributed by atoms with E-state index in [0.29, 0.717) is 37.8 Å². The molecule has 1 aromatic carbocycles. The maximum absolute atomic E-state index is 12.3. The molecule has 0 bridgehead atoms. The number of rotatable bonds is 4. The molecular weight excluding hydrogens is 266 g/mol. The van der Waals surface area contributed by atoms with Crippen LogP contribution in [0.25, 0.3) is 0 Å². The van der Waals surface area contributed by atoms with Gasteiger partial charge in [0.2, 0.25) is 5.91 Å². The summed E-state index contributed by atoms with van der Waals surface area (Å²) in [4.78, 5) is 14.2. The first kappa shape index (κ1) is 14.3. The summed E-state index contributed by atoms with van der Waals surface area (Å²) in [6.45, 7) is 2.26. The molecular formula is C14H18ClNO3. The van der Waals surface area contributed by atoms with Gasteiger partial charge in [-0.2, -0.15) is 0 Å². The maximum Gasteiger partial charge on any atom is 0.227 e. The van der Waals surface area contributed by atoms with Gasteiger partial charge in [0.15, 0.2) is 0 Å². The molecule has 0 radical (unpaired) electrons. The molecule has 4 nitrogen and oxygen atoms in total. The number of hydrogen-bond donors (Lipinski definition) is 0. The molecule has 0 saturated carbocycles. The molecule has 0 N–H and O–H groups in total. The first-order chi connectivity index (χ1) is 9.20. The number of amides is 1. The molecule has 1 aromatic rings. The average Bonchev–Trinajstić information content (AvgIpc) is 2.42. The predicted molar refractivity (Wildman–Crippen MR) is 73.4 cm³/mol. The van der Waals surface area contributed by atoms with Crippen molar-refractivity contribution in [1.82, 2.24) is 4.90 Å². The third-order valence-electron chi connectivity index (χ3n) is 3.18. The zero-order valence-corrected chi connectivity index (χ0v) is 11.7. The van der Waals surface area contributed by atoms with E-state index in [0.717, 1.165) is 5.56 Å². The summed E-state index contributed by atoms with van der Waals surface area (Å²) in [5, 5.41) is 0.680. The summed E-state index contributed by atoms with van der Waals surface area (Å²) >= 11 is 5.83. The van der Waals surface area contributed by atoms with Gasteiger partial charge in [-0.15, -0.1) is 0 Å². The third kappa shape index (κ3) is 3.93. The minimum Gasteiger partial charge on any atom is -0.382 e. The Bertz CT molecular complexity index is 419. The molecule has 1 heterocycles. The molecule has 1 aliphatic rings. The lowest BCUT2D eigenvalue weighted by atomic mass is 10.1. The second-order valence-corrected chi connectivity index (χ2v) is 5.01. The van der Waals surface area contributed by atoms with Gasteiger partial charge in [0.25, 0.3) is 0 Å². The van der Waals surface area contributed by atoms with E-state index in [9.17, 15) is 4.79 Å². The molecule has 2 rings (SSSR count). The molecule has 0 aliphatic carbocycles. The summed E-state index contributed by atoms with van der Waals surface area (Å²) in [5.74, 6) is 0.104. The Balaban J connectivity index is 1.99. The number of nitrogens with zero attached hydrogens (tertiary/aromatic N) is 1. The van der Waals surface area contributed by atoms with Crippen molar-refractivity contribution >= 4 is 17.5 Å². The van der Waals surface area contributed by atoms with Gasteiger partial charge >= 0.3 is 0 Å². The van der Waals surface area contributed by atoms with Gasteiger partial charge < -0.3 is 14.4 Å². The van der Waals surface area contributed by atoms with Gasteiger partial charge in [-0.25, -0.2) is 0 Å². The van der Waals surface area contributed by atoms with Crippen LogP contribution in [-0.4, -0.2) is 50.3 Å². The monoisotopic (exact) mass is 283 g/mol. The lowest BCUT2D eigenvalue weighted by Gasteiger charge is -2.35. The Morgan fingerprint density at radius 3 is 2.89 bits per heavy atom. The fourth-order valence-electron chi connectivity index (χ4n) is 2.19. The number of benzene rings is 1. The number of ether oxygens (including phenoxy) is 2. The van der Waals surface area contributed by atoms with E-state index in [2.05, 4.69) is 0 Å². The topological polar surface area (TPSA) is 38.8 Å². The lowest BCUT2D eigenvalue weighted by molar-refractivity contribution is -0.141. The normalized spacial score (nSPS) is 19.5. The van der Waals surface area contributed by atoms with Gasteiger partial charge in [-0.1, -0.05) is 23.7 Å². The number of methoxy groups -OCH3 is 1. The van der Waals surface area contributed by atoms with Gasteiger partial charge in [0, 0.05) is 18.7 Å². The number of halogens is 1. The molecule has 1 amide bonds. The molecule has 5 heteroatoms. The van der Waals surface area contributed by atoms with Crippen LogP contribution in [0.1, 0.15) is 5.56 Å². The van der Waals surface area contributed by atoms with Gasteiger partial charge in [0.05, 0.1) is 32.3 Å². The van der Waals surface area contributed by atoms with Crippen molar-refractivity contribution in [2.24, 2.45) is 0 Å². The molecule has 1 atom stereocenters. The molecule has 1 aliphatic heterocycles.